The van der Waals surface area contributed by atoms with Gasteiger partial charge >= 0.3 is 0 Å². The quantitative estimate of drug-likeness (QED) is 0.669. The molecule has 1 rings (SSSR count). The average Bonchev–Trinajstić information content (AvgIpc) is 2.08. The first kappa shape index (κ1) is 11.6. The Bertz CT molecular complexity index is 208. The summed E-state index contributed by atoms with van der Waals surface area (Å²) in [5, 5.41) is 0. The van der Waals surface area contributed by atoms with Crippen LogP contribution in [0.1, 0.15) is 34.6 Å². The van der Waals surface area contributed by atoms with Crippen LogP contribution in [0.2, 0.25) is 0 Å². The minimum Gasteiger partial charge on any atom is -0.370 e. The van der Waals surface area contributed by atoms with Gasteiger partial charge in [0.1, 0.15) is 0 Å². The Hall–Kier alpha value is -0.500. The molecule has 0 aliphatic carbocycles. The summed E-state index contributed by atoms with van der Waals surface area (Å²) in [6, 6.07) is 1.70. The molecule has 2 nitrogen and oxygen atoms in total. The third-order valence-corrected chi connectivity index (χ3v) is 3.23. The molecule has 0 aromatic heterocycles. The number of hydrogen-bond donors (Lipinski definition) is 0. The normalized spacial score (nSPS) is 25.2. The van der Waals surface area contributed by atoms with E-state index in [-0.39, 0.29) is 0 Å². The van der Waals surface area contributed by atoms with Gasteiger partial charge in [0.15, 0.2) is 0 Å². The fourth-order valence-electron chi connectivity index (χ4n) is 2.29. The maximum atomic E-state index is 4.21. The molecule has 0 saturated carbocycles. The molecule has 1 unspecified atom stereocenters. The van der Waals surface area contributed by atoms with Crippen LogP contribution in [-0.4, -0.2) is 41.0 Å². The summed E-state index contributed by atoms with van der Waals surface area (Å²) in [5.74, 6) is 0. The largest absolute Gasteiger partial charge is 0.370 e. The van der Waals surface area contributed by atoms with Gasteiger partial charge in [0.25, 0.3) is 0 Å². The van der Waals surface area contributed by atoms with Crippen LogP contribution in [0.15, 0.2) is 12.3 Å². The highest BCUT2D eigenvalue weighted by Crippen LogP contribution is 2.22. The van der Waals surface area contributed by atoms with Gasteiger partial charge in [0, 0.05) is 36.9 Å². The first-order valence-corrected chi connectivity index (χ1v) is 5.66. The molecule has 0 aromatic rings. The smallest absolute Gasteiger partial charge is 0.0466 e. The summed E-state index contributed by atoms with van der Waals surface area (Å²) in [6.45, 7) is 17.8. The molecule has 1 atom stereocenters. The molecule has 1 heterocycles. The molecule has 1 saturated heterocycles. The first-order valence-electron chi connectivity index (χ1n) is 5.66. The summed E-state index contributed by atoms with van der Waals surface area (Å²) in [5.41, 5.74) is 1.28. The standard InChI is InChI=1S/C12H24N2/c1-9(2)13-7-8-14(10(3)4)12(6)11(13)5/h9-10,12H,5,7-8H2,1-4,6H3. The van der Waals surface area contributed by atoms with Gasteiger partial charge in [-0.15, -0.1) is 0 Å². The summed E-state index contributed by atoms with van der Waals surface area (Å²) < 4.78 is 0. The van der Waals surface area contributed by atoms with E-state index in [4.69, 9.17) is 0 Å². The van der Waals surface area contributed by atoms with Crippen molar-refractivity contribution in [1.82, 2.24) is 9.80 Å². The van der Waals surface area contributed by atoms with E-state index < -0.39 is 0 Å². The topological polar surface area (TPSA) is 6.48 Å². The number of rotatable bonds is 2. The SMILES string of the molecule is C=C1C(C)N(C(C)C)CCN1C(C)C. The van der Waals surface area contributed by atoms with E-state index in [1.165, 1.54) is 5.70 Å². The third kappa shape index (κ3) is 2.11. The molecule has 1 fully saturated rings. The minimum absolute atomic E-state index is 0.492. The van der Waals surface area contributed by atoms with E-state index in [0.29, 0.717) is 18.1 Å². The Morgan fingerprint density at radius 2 is 1.71 bits per heavy atom. The van der Waals surface area contributed by atoms with E-state index >= 15 is 0 Å². The molecule has 1 aliphatic rings. The number of hydrogen-bond acceptors (Lipinski definition) is 2. The summed E-state index contributed by atoms with van der Waals surface area (Å²) in [4.78, 5) is 4.94. The highest BCUT2D eigenvalue weighted by atomic mass is 15.3. The molecule has 2 heteroatoms. The van der Waals surface area contributed by atoms with Crippen molar-refractivity contribution in [2.75, 3.05) is 13.1 Å². The van der Waals surface area contributed by atoms with Gasteiger partial charge in [-0.05, 0) is 34.6 Å². The second-order valence-electron chi connectivity index (χ2n) is 4.79. The van der Waals surface area contributed by atoms with E-state index in [2.05, 4.69) is 51.0 Å². The van der Waals surface area contributed by atoms with Crippen LogP contribution in [-0.2, 0) is 0 Å². The predicted molar refractivity (Wildman–Crippen MR) is 62.3 cm³/mol. The van der Waals surface area contributed by atoms with E-state index in [9.17, 15) is 0 Å². The van der Waals surface area contributed by atoms with Crippen LogP contribution < -0.4 is 0 Å². The Labute approximate surface area is 88.6 Å². The molecule has 0 radical (unpaired) electrons. The molecule has 0 N–H and O–H groups in total. The highest BCUT2D eigenvalue weighted by molar-refractivity contribution is 5.08. The predicted octanol–water partition coefficient (Wildman–Crippen LogP) is 2.32. The van der Waals surface area contributed by atoms with Gasteiger partial charge in [-0.2, -0.15) is 0 Å². The maximum Gasteiger partial charge on any atom is 0.0466 e. The second kappa shape index (κ2) is 4.35. The lowest BCUT2D eigenvalue weighted by atomic mass is 10.1. The zero-order valence-electron chi connectivity index (χ0n) is 10.2. The van der Waals surface area contributed by atoms with Gasteiger partial charge in [-0.3, -0.25) is 4.90 Å². The maximum absolute atomic E-state index is 4.21. The van der Waals surface area contributed by atoms with Crippen molar-refractivity contribution < 1.29 is 0 Å². The van der Waals surface area contributed by atoms with Crippen molar-refractivity contribution in [3.8, 4) is 0 Å². The van der Waals surface area contributed by atoms with Crippen LogP contribution in [0.3, 0.4) is 0 Å². The van der Waals surface area contributed by atoms with Crippen molar-refractivity contribution in [1.29, 1.82) is 0 Å². The summed E-state index contributed by atoms with van der Waals surface area (Å²) >= 11 is 0. The average molecular weight is 196 g/mol. The lowest BCUT2D eigenvalue weighted by molar-refractivity contribution is 0.0864. The van der Waals surface area contributed by atoms with Gasteiger partial charge in [0.2, 0.25) is 0 Å². The molecule has 0 aromatic carbocycles. The Morgan fingerprint density at radius 3 is 2.14 bits per heavy atom. The van der Waals surface area contributed by atoms with Crippen LogP contribution in [0.5, 0.6) is 0 Å². The molecule has 82 valence electrons. The minimum atomic E-state index is 0.492. The highest BCUT2D eigenvalue weighted by Gasteiger charge is 2.29. The van der Waals surface area contributed by atoms with Crippen molar-refractivity contribution in [3.63, 3.8) is 0 Å². The fraction of sp³-hybridized carbons (Fsp3) is 0.833. The zero-order valence-corrected chi connectivity index (χ0v) is 10.2. The first-order chi connectivity index (χ1) is 6.45. The number of piperazine rings is 1. The van der Waals surface area contributed by atoms with E-state index in [1.54, 1.807) is 0 Å². The van der Waals surface area contributed by atoms with Gasteiger partial charge < -0.3 is 4.90 Å². The van der Waals surface area contributed by atoms with Crippen LogP contribution in [0.4, 0.5) is 0 Å². The lowest BCUT2D eigenvalue weighted by Gasteiger charge is -2.46. The third-order valence-electron chi connectivity index (χ3n) is 3.23. The molecule has 0 amide bonds. The van der Waals surface area contributed by atoms with Crippen molar-refractivity contribution in [2.45, 2.75) is 52.7 Å². The summed E-state index contributed by atoms with van der Waals surface area (Å²) in [7, 11) is 0. The lowest BCUT2D eigenvalue weighted by Crippen LogP contribution is -2.53. The molecule has 14 heavy (non-hydrogen) atoms. The van der Waals surface area contributed by atoms with Crippen LogP contribution in [0, 0.1) is 0 Å². The van der Waals surface area contributed by atoms with Crippen molar-refractivity contribution in [2.24, 2.45) is 0 Å². The van der Waals surface area contributed by atoms with Gasteiger partial charge in [-0.25, -0.2) is 0 Å². The van der Waals surface area contributed by atoms with Gasteiger partial charge in [0.05, 0.1) is 0 Å². The Morgan fingerprint density at radius 1 is 1.14 bits per heavy atom. The fourth-order valence-corrected chi connectivity index (χ4v) is 2.29. The van der Waals surface area contributed by atoms with Crippen LogP contribution in [0.25, 0.3) is 0 Å². The van der Waals surface area contributed by atoms with Crippen molar-refractivity contribution in [3.05, 3.63) is 12.3 Å². The molecule has 0 spiro atoms. The Kier molecular flexibility index (Phi) is 3.59. The second-order valence-corrected chi connectivity index (χ2v) is 4.79. The van der Waals surface area contributed by atoms with Crippen molar-refractivity contribution >= 4 is 0 Å². The van der Waals surface area contributed by atoms with E-state index in [0.717, 1.165) is 13.1 Å². The monoisotopic (exact) mass is 196 g/mol. The molecular formula is C12H24N2. The number of nitrogens with zero attached hydrogens (tertiary/aromatic N) is 2. The molecular weight excluding hydrogens is 172 g/mol. The zero-order chi connectivity index (χ0) is 10.9. The van der Waals surface area contributed by atoms with Gasteiger partial charge in [-0.1, -0.05) is 6.58 Å². The van der Waals surface area contributed by atoms with Crippen LogP contribution >= 0.6 is 0 Å². The summed E-state index contributed by atoms with van der Waals surface area (Å²) in [6.07, 6.45) is 0. The molecule has 1 aliphatic heterocycles. The molecule has 0 bridgehead atoms. The Balaban J connectivity index is 2.69. The van der Waals surface area contributed by atoms with E-state index in [1.807, 2.05) is 0 Å².